The monoisotopic (exact) mass is 270 g/mol. The van der Waals surface area contributed by atoms with Crippen LogP contribution in [0.1, 0.15) is 26.2 Å². The molecular formula is C16H18N2O2. The normalized spacial score (nSPS) is 18.9. The molecular weight excluding hydrogens is 252 g/mol. The molecule has 1 aliphatic carbocycles. The molecule has 1 saturated carbocycles. The fourth-order valence-electron chi connectivity index (χ4n) is 2.95. The molecule has 1 aliphatic heterocycles. The van der Waals surface area contributed by atoms with Crippen molar-refractivity contribution in [3.8, 4) is 11.5 Å². The summed E-state index contributed by atoms with van der Waals surface area (Å²) in [6.07, 6.45) is 5.86. The van der Waals surface area contributed by atoms with Crippen LogP contribution in [0.5, 0.6) is 11.5 Å². The van der Waals surface area contributed by atoms with Crippen LogP contribution >= 0.6 is 0 Å². The van der Waals surface area contributed by atoms with E-state index in [0.29, 0.717) is 12.8 Å². The summed E-state index contributed by atoms with van der Waals surface area (Å²) in [5.74, 6) is 3.35. The molecule has 1 N–H and O–H groups in total. The summed E-state index contributed by atoms with van der Waals surface area (Å²) >= 11 is 0. The molecule has 4 nitrogen and oxygen atoms in total. The molecule has 104 valence electrons. The van der Waals surface area contributed by atoms with Gasteiger partial charge in [0.2, 0.25) is 6.79 Å². The minimum atomic E-state index is 0.306. The van der Waals surface area contributed by atoms with E-state index in [-0.39, 0.29) is 0 Å². The summed E-state index contributed by atoms with van der Waals surface area (Å²) in [6.45, 7) is 2.55. The zero-order valence-electron chi connectivity index (χ0n) is 11.6. The van der Waals surface area contributed by atoms with Gasteiger partial charge in [-0.1, -0.05) is 6.42 Å². The number of anilines is 1. The Bertz CT molecular complexity index is 652. The highest BCUT2D eigenvalue weighted by Crippen LogP contribution is 2.38. The second-order valence-electron chi connectivity index (χ2n) is 5.71. The minimum absolute atomic E-state index is 0.306. The van der Waals surface area contributed by atoms with Crippen molar-refractivity contribution < 1.29 is 9.47 Å². The number of hydrogen-bond acceptors (Lipinski definition) is 4. The Hall–Kier alpha value is -1.97. The average Bonchev–Trinajstić information content (AvgIpc) is 2.81. The molecule has 1 unspecified atom stereocenters. The van der Waals surface area contributed by atoms with Crippen LogP contribution in [0.3, 0.4) is 0 Å². The fourth-order valence-corrected chi connectivity index (χ4v) is 2.95. The molecule has 1 atom stereocenters. The largest absolute Gasteiger partial charge is 0.454 e. The number of nitrogens with zero attached hydrogens (tertiary/aromatic N) is 1. The second-order valence-corrected chi connectivity index (χ2v) is 5.71. The molecule has 1 aromatic heterocycles. The highest BCUT2D eigenvalue weighted by atomic mass is 16.7. The predicted molar refractivity (Wildman–Crippen MR) is 78.3 cm³/mol. The molecule has 0 spiro atoms. The van der Waals surface area contributed by atoms with Gasteiger partial charge >= 0.3 is 0 Å². The van der Waals surface area contributed by atoms with E-state index >= 15 is 0 Å². The van der Waals surface area contributed by atoms with Gasteiger partial charge in [0.15, 0.2) is 11.5 Å². The van der Waals surface area contributed by atoms with Crippen LogP contribution in [0, 0.1) is 5.92 Å². The van der Waals surface area contributed by atoms with Gasteiger partial charge in [-0.2, -0.15) is 0 Å². The lowest BCUT2D eigenvalue weighted by Gasteiger charge is -2.32. The Balaban J connectivity index is 1.71. The maximum Gasteiger partial charge on any atom is 0.231 e. The van der Waals surface area contributed by atoms with Crippen LogP contribution in [-0.4, -0.2) is 17.8 Å². The van der Waals surface area contributed by atoms with Crippen molar-refractivity contribution in [1.82, 2.24) is 4.98 Å². The van der Waals surface area contributed by atoms with Gasteiger partial charge in [0.25, 0.3) is 0 Å². The molecule has 1 fully saturated rings. The maximum absolute atomic E-state index is 5.47. The van der Waals surface area contributed by atoms with Crippen LogP contribution in [0.2, 0.25) is 0 Å². The number of nitrogens with one attached hydrogen (secondary N) is 1. The molecule has 0 bridgehead atoms. The van der Waals surface area contributed by atoms with Crippen molar-refractivity contribution in [2.45, 2.75) is 32.2 Å². The van der Waals surface area contributed by atoms with Crippen LogP contribution in [0.15, 0.2) is 24.4 Å². The first-order chi connectivity index (χ1) is 9.81. The lowest BCUT2D eigenvalue weighted by Crippen LogP contribution is -2.31. The number of aromatic nitrogens is 1. The summed E-state index contributed by atoms with van der Waals surface area (Å²) < 4.78 is 10.9. The van der Waals surface area contributed by atoms with Crippen molar-refractivity contribution in [2.75, 3.05) is 12.1 Å². The summed E-state index contributed by atoms with van der Waals surface area (Å²) in [7, 11) is 0. The Morgan fingerprint density at radius 2 is 2.05 bits per heavy atom. The van der Waals surface area contributed by atoms with Gasteiger partial charge in [0, 0.05) is 17.6 Å². The van der Waals surface area contributed by atoms with Gasteiger partial charge in [0.05, 0.1) is 0 Å². The molecule has 0 amide bonds. The first kappa shape index (κ1) is 11.8. The van der Waals surface area contributed by atoms with Gasteiger partial charge in [-0.15, -0.1) is 0 Å². The van der Waals surface area contributed by atoms with Gasteiger partial charge in [-0.3, -0.25) is 0 Å². The molecule has 0 radical (unpaired) electrons. The first-order valence-electron chi connectivity index (χ1n) is 7.26. The smallest absolute Gasteiger partial charge is 0.231 e. The van der Waals surface area contributed by atoms with Crippen molar-refractivity contribution >= 4 is 16.6 Å². The predicted octanol–water partition coefficient (Wildman–Crippen LogP) is 3.56. The Kier molecular flexibility index (Phi) is 2.69. The molecule has 20 heavy (non-hydrogen) atoms. The number of ether oxygens (including phenoxy) is 2. The maximum atomic E-state index is 5.47. The van der Waals surface area contributed by atoms with E-state index in [0.717, 1.165) is 34.0 Å². The molecule has 2 heterocycles. The van der Waals surface area contributed by atoms with E-state index in [1.165, 1.54) is 19.3 Å². The summed E-state index contributed by atoms with van der Waals surface area (Å²) in [4.78, 5) is 4.51. The first-order valence-corrected chi connectivity index (χ1v) is 7.26. The number of hydrogen-bond donors (Lipinski definition) is 1. The van der Waals surface area contributed by atoms with E-state index in [2.05, 4.69) is 17.2 Å². The summed E-state index contributed by atoms with van der Waals surface area (Å²) in [6, 6.07) is 6.53. The Labute approximate surface area is 118 Å². The van der Waals surface area contributed by atoms with Crippen molar-refractivity contribution in [1.29, 1.82) is 0 Å². The van der Waals surface area contributed by atoms with Crippen LogP contribution in [0.4, 0.5) is 5.82 Å². The summed E-state index contributed by atoms with van der Waals surface area (Å²) in [5.41, 5.74) is 0. The van der Waals surface area contributed by atoms with Crippen LogP contribution in [-0.2, 0) is 0 Å². The third-order valence-electron chi connectivity index (χ3n) is 4.48. The topological polar surface area (TPSA) is 43.4 Å². The van der Waals surface area contributed by atoms with Gasteiger partial charge in [-0.25, -0.2) is 4.98 Å². The Morgan fingerprint density at radius 1 is 1.25 bits per heavy atom. The number of fused-ring (bicyclic) bond motifs is 2. The highest BCUT2D eigenvalue weighted by molar-refractivity contribution is 5.94. The standard InChI is InChI=1S/C16H18N2O2/c1-10(11-3-2-4-11)18-16-13-8-15-14(19-9-20-15)7-12(13)5-6-17-16/h5-8,10-11H,2-4,9H2,1H3,(H,17,18). The fraction of sp³-hybridized carbons (Fsp3) is 0.438. The minimum Gasteiger partial charge on any atom is -0.454 e. The van der Waals surface area contributed by atoms with E-state index in [1.807, 2.05) is 24.4 Å². The van der Waals surface area contributed by atoms with E-state index < -0.39 is 0 Å². The second kappa shape index (κ2) is 4.54. The third-order valence-corrected chi connectivity index (χ3v) is 4.48. The molecule has 2 aliphatic rings. The highest BCUT2D eigenvalue weighted by Gasteiger charge is 2.24. The molecule has 4 rings (SSSR count). The van der Waals surface area contributed by atoms with E-state index in [4.69, 9.17) is 9.47 Å². The Morgan fingerprint density at radius 3 is 2.80 bits per heavy atom. The van der Waals surface area contributed by atoms with E-state index in [9.17, 15) is 0 Å². The third kappa shape index (κ3) is 1.87. The molecule has 2 aromatic rings. The van der Waals surface area contributed by atoms with Crippen molar-refractivity contribution in [2.24, 2.45) is 5.92 Å². The quantitative estimate of drug-likeness (QED) is 0.926. The molecule has 1 aromatic carbocycles. The van der Waals surface area contributed by atoms with Crippen molar-refractivity contribution in [3.05, 3.63) is 24.4 Å². The number of rotatable bonds is 3. The lowest BCUT2D eigenvalue weighted by molar-refractivity contribution is 0.174. The summed E-state index contributed by atoms with van der Waals surface area (Å²) in [5, 5.41) is 5.80. The van der Waals surface area contributed by atoms with E-state index in [1.54, 1.807) is 0 Å². The average molecular weight is 270 g/mol. The zero-order valence-corrected chi connectivity index (χ0v) is 11.6. The molecule has 0 saturated heterocycles. The number of benzene rings is 1. The van der Waals surface area contributed by atoms with Gasteiger partial charge in [-0.05, 0) is 49.3 Å². The van der Waals surface area contributed by atoms with Gasteiger partial charge in [0.1, 0.15) is 5.82 Å². The zero-order chi connectivity index (χ0) is 13.5. The van der Waals surface area contributed by atoms with Crippen molar-refractivity contribution in [3.63, 3.8) is 0 Å². The SMILES string of the molecule is CC(Nc1nccc2cc3c(cc12)OCO3)C1CCC1. The molecule has 4 heteroatoms. The number of pyridine rings is 1. The van der Waals surface area contributed by atoms with Gasteiger partial charge < -0.3 is 14.8 Å². The van der Waals surface area contributed by atoms with Crippen LogP contribution < -0.4 is 14.8 Å². The lowest BCUT2D eigenvalue weighted by atomic mass is 9.80. The van der Waals surface area contributed by atoms with Crippen LogP contribution in [0.25, 0.3) is 10.8 Å².